The van der Waals surface area contributed by atoms with Crippen molar-refractivity contribution in [3.8, 4) is 0 Å². The number of methoxy groups -OCH3 is 1. The number of aromatic nitrogens is 2. The van der Waals surface area contributed by atoms with Crippen LogP contribution in [0.5, 0.6) is 0 Å². The lowest BCUT2D eigenvalue weighted by Gasteiger charge is -2.21. The van der Waals surface area contributed by atoms with Gasteiger partial charge in [0.15, 0.2) is 0 Å². The minimum absolute atomic E-state index is 0.263. The second-order valence-electron chi connectivity index (χ2n) is 6.16. The Hall–Kier alpha value is -3.81. The predicted octanol–water partition coefficient (Wildman–Crippen LogP) is 3.03. The molecule has 0 aliphatic heterocycles. The molecule has 0 aliphatic carbocycles. The third kappa shape index (κ3) is 4.12. The summed E-state index contributed by atoms with van der Waals surface area (Å²) in [5.74, 6) is 0.342. The first-order valence-corrected chi connectivity index (χ1v) is 8.56. The van der Waals surface area contributed by atoms with E-state index in [-0.39, 0.29) is 12.5 Å². The molecule has 0 spiro atoms. The van der Waals surface area contributed by atoms with Crippen molar-refractivity contribution in [2.45, 2.75) is 6.54 Å². The first kappa shape index (κ1) is 19.0. The van der Waals surface area contributed by atoms with E-state index in [1.165, 1.54) is 12.0 Å². The lowest BCUT2D eigenvalue weighted by atomic mass is 10.1. The van der Waals surface area contributed by atoms with Gasteiger partial charge in [0.05, 0.1) is 37.6 Å². The van der Waals surface area contributed by atoms with Gasteiger partial charge in [-0.05, 0) is 29.8 Å². The molecular weight excluding hydrogens is 358 g/mol. The summed E-state index contributed by atoms with van der Waals surface area (Å²) in [6, 6.07) is 14.0. The number of anilines is 3. The number of aryl methyl sites for hydroxylation is 1. The number of nitrogens with one attached hydrogen (secondary N) is 1. The highest BCUT2D eigenvalue weighted by Crippen LogP contribution is 2.20. The summed E-state index contributed by atoms with van der Waals surface area (Å²) >= 11 is 0. The minimum Gasteiger partial charge on any atom is -0.452 e. The second-order valence-corrected chi connectivity index (χ2v) is 6.16. The van der Waals surface area contributed by atoms with E-state index in [0.717, 1.165) is 5.56 Å². The number of carbonyl (C=O) groups is 2. The topological polar surface area (TPSA) is 102 Å². The molecule has 3 rings (SSSR count). The lowest BCUT2D eigenvalue weighted by molar-refractivity contribution is 0.102. The number of hydrogen-bond donors (Lipinski definition) is 2. The third-order valence-corrected chi connectivity index (χ3v) is 4.23. The molecule has 144 valence electrons. The Morgan fingerprint density at radius 3 is 2.50 bits per heavy atom. The number of benzene rings is 2. The zero-order chi connectivity index (χ0) is 20.1. The van der Waals surface area contributed by atoms with Crippen LogP contribution in [0, 0.1) is 0 Å². The van der Waals surface area contributed by atoms with Crippen LogP contribution >= 0.6 is 0 Å². The highest BCUT2D eigenvalue weighted by molar-refractivity contribution is 6.05. The summed E-state index contributed by atoms with van der Waals surface area (Å²) in [5.41, 5.74) is 8.23. The molecule has 0 radical (unpaired) electrons. The van der Waals surface area contributed by atoms with Crippen LogP contribution in [-0.2, 0) is 18.3 Å². The van der Waals surface area contributed by atoms with Crippen molar-refractivity contribution in [2.75, 3.05) is 23.1 Å². The van der Waals surface area contributed by atoms with Gasteiger partial charge in [-0.2, -0.15) is 0 Å². The summed E-state index contributed by atoms with van der Waals surface area (Å²) in [5, 5.41) is 2.78. The molecule has 3 aromatic rings. The number of nitrogens with two attached hydrogens (primary N) is 1. The van der Waals surface area contributed by atoms with Gasteiger partial charge in [0.2, 0.25) is 0 Å². The van der Waals surface area contributed by atoms with Gasteiger partial charge < -0.3 is 20.4 Å². The van der Waals surface area contributed by atoms with Gasteiger partial charge in [0, 0.05) is 12.6 Å². The lowest BCUT2D eigenvalue weighted by Crippen LogP contribution is -2.31. The molecule has 3 N–H and O–H groups in total. The predicted molar refractivity (Wildman–Crippen MR) is 107 cm³/mol. The SMILES string of the molecule is COC(=O)N(Cc1ccc(C(=O)Nc2ccccc2N)cc1)c1cncn1C. The Balaban J connectivity index is 1.74. The summed E-state index contributed by atoms with van der Waals surface area (Å²) in [6.45, 7) is 0.278. The largest absolute Gasteiger partial charge is 0.452 e. The normalized spacial score (nSPS) is 10.4. The quantitative estimate of drug-likeness (QED) is 0.664. The number of hydrogen-bond acceptors (Lipinski definition) is 5. The van der Waals surface area contributed by atoms with E-state index in [1.54, 1.807) is 72.7 Å². The van der Waals surface area contributed by atoms with E-state index < -0.39 is 6.09 Å². The molecule has 0 saturated heterocycles. The van der Waals surface area contributed by atoms with Crippen LogP contribution in [0.15, 0.2) is 61.1 Å². The zero-order valence-corrected chi connectivity index (χ0v) is 15.6. The van der Waals surface area contributed by atoms with Crippen LogP contribution in [0.25, 0.3) is 0 Å². The fourth-order valence-electron chi connectivity index (χ4n) is 2.71. The number of imidazole rings is 1. The molecule has 0 aliphatic rings. The molecular formula is C20H21N5O3. The van der Waals surface area contributed by atoms with E-state index in [2.05, 4.69) is 10.3 Å². The van der Waals surface area contributed by atoms with Crippen molar-refractivity contribution < 1.29 is 14.3 Å². The monoisotopic (exact) mass is 379 g/mol. The summed E-state index contributed by atoms with van der Waals surface area (Å²) < 4.78 is 6.60. The van der Waals surface area contributed by atoms with Gasteiger partial charge in [-0.1, -0.05) is 24.3 Å². The van der Waals surface area contributed by atoms with Gasteiger partial charge in [0.1, 0.15) is 5.82 Å². The van der Waals surface area contributed by atoms with Crippen molar-refractivity contribution in [1.82, 2.24) is 9.55 Å². The van der Waals surface area contributed by atoms with Gasteiger partial charge in [0.25, 0.3) is 5.91 Å². The number of para-hydroxylation sites is 2. The van der Waals surface area contributed by atoms with Crippen molar-refractivity contribution in [3.05, 3.63) is 72.2 Å². The maximum atomic E-state index is 12.4. The van der Waals surface area contributed by atoms with Gasteiger partial charge in [-0.3, -0.25) is 9.69 Å². The Kier molecular flexibility index (Phi) is 5.59. The molecule has 2 aromatic carbocycles. The number of ether oxygens (including phenoxy) is 1. The third-order valence-electron chi connectivity index (χ3n) is 4.23. The number of rotatable bonds is 5. The molecule has 8 heteroatoms. The Morgan fingerprint density at radius 2 is 1.89 bits per heavy atom. The van der Waals surface area contributed by atoms with Crippen LogP contribution in [0.1, 0.15) is 15.9 Å². The number of carbonyl (C=O) groups excluding carboxylic acids is 2. The molecule has 1 heterocycles. The summed E-state index contributed by atoms with van der Waals surface area (Å²) in [7, 11) is 3.12. The van der Waals surface area contributed by atoms with Gasteiger partial charge in [-0.25, -0.2) is 9.78 Å². The van der Waals surface area contributed by atoms with E-state index in [1.807, 2.05) is 0 Å². The van der Waals surface area contributed by atoms with Crippen molar-refractivity contribution >= 4 is 29.2 Å². The Labute approximate surface area is 162 Å². The first-order valence-electron chi connectivity index (χ1n) is 8.56. The fourth-order valence-corrected chi connectivity index (χ4v) is 2.71. The Morgan fingerprint density at radius 1 is 1.18 bits per heavy atom. The molecule has 0 bridgehead atoms. The van der Waals surface area contributed by atoms with Crippen LogP contribution in [-0.4, -0.2) is 28.7 Å². The average molecular weight is 379 g/mol. The highest BCUT2D eigenvalue weighted by Gasteiger charge is 2.19. The van der Waals surface area contributed by atoms with Gasteiger partial charge >= 0.3 is 6.09 Å². The first-order chi connectivity index (χ1) is 13.5. The van der Waals surface area contributed by atoms with Crippen molar-refractivity contribution in [2.24, 2.45) is 7.05 Å². The molecule has 0 unspecified atom stereocenters. The molecule has 28 heavy (non-hydrogen) atoms. The molecule has 0 fully saturated rings. The second kappa shape index (κ2) is 8.26. The fraction of sp³-hybridized carbons (Fsp3) is 0.150. The van der Waals surface area contributed by atoms with Crippen molar-refractivity contribution in [1.29, 1.82) is 0 Å². The molecule has 2 amide bonds. The van der Waals surface area contributed by atoms with Crippen LogP contribution in [0.4, 0.5) is 22.0 Å². The molecule has 8 nitrogen and oxygen atoms in total. The average Bonchev–Trinajstić information content (AvgIpc) is 3.13. The van der Waals surface area contributed by atoms with E-state index in [0.29, 0.717) is 22.8 Å². The standard InChI is InChI=1S/C20H21N5O3/c1-24-13-22-11-18(24)25(20(27)28-2)12-14-7-9-15(10-8-14)19(26)23-17-6-4-3-5-16(17)21/h3-11,13H,12,21H2,1-2H3,(H,23,26). The molecule has 0 saturated carbocycles. The zero-order valence-electron chi connectivity index (χ0n) is 15.6. The maximum Gasteiger partial charge on any atom is 0.415 e. The van der Waals surface area contributed by atoms with E-state index in [9.17, 15) is 9.59 Å². The smallest absolute Gasteiger partial charge is 0.415 e. The van der Waals surface area contributed by atoms with E-state index in [4.69, 9.17) is 10.5 Å². The Bertz CT molecular complexity index is 982. The van der Waals surface area contributed by atoms with Crippen LogP contribution < -0.4 is 16.0 Å². The van der Waals surface area contributed by atoms with Gasteiger partial charge in [-0.15, -0.1) is 0 Å². The summed E-state index contributed by atoms with van der Waals surface area (Å²) in [6.07, 6.45) is 2.70. The number of nitrogens with zero attached hydrogens (tertiary/aromatic N) is 3. The minimum atomic E-state index is -0.495. The van der Waals surface area contributed by atoms with Crippen molar-refractivity contribution in [3.63, 3.8) is 0 Å². The number of amides is 2. The number of nitrogen functional groups attached to an aromatic ring is 1. The molecule has 0 atom stereocenters. The van der Waals surface area contributed by atoms with E-state index >= 15 is 0 Å². The highest BCUT2D eigenvalue weighted by atomic mass is 16.5. The van der Waals surface area contributed by atoms with Crippen LogP contribution in [0.3, 0.4) is 0 Å². The summed E-state index contributed by atoms with van der Waals surface area (Å²) in [4.78, 5) is 30.1. The van der Waals surface area contributed by atoms with Crippen LogP contribution in [0.2, 0.25) is 0 Å². The maximum absolute atomic E-state index is 12.4. The molecule has 1 aromatic heterocycles.